The number of aryl methyl sites for hydroxylation is 2. The molecule has 1 amide bonds. The first-order valence-corrected chi connectivity index (χ1v) is 25.1. The number of amides is 1. The van der Waals surface area contributed by atoms with E-state index in [0.717, 1.165) is 59.8 Å². The van der Waals surface area contributed by atoms with Crippen molar-refractivity contribution < 1.29 is 23.7 Å². The zero-order chi connectivity index (χ0) is 42.0. The standard InChI is InChI=1S/C43H50Cl2IN6O5PS/c1-28-42(59-27-51-28)33-13-8-30(7-5-4-6-16-48-3)39(23-33)56-22-21-55-20-19-54-18-17-50-43(53)32-11-9-31(10-12-32)41(47)35-24-34(14-15-38(35)52-58-46)57-29(2)40-36(44)25-49-26-37(40)45/h8-15,23-27,29,47-48,52,58H,4-7,16-22H2,1-3H3,(H,50,53)/t29-/m1/s1. The van der Waals surface area contributed by atoms with E-state index in [1.165, 1.54) is 18.0 Å². The number of carbonyl (C=O) groups is 1. The molecule has 314 valence electrons. The van der Waals surface area contributed by atoms with Gasteiger partial charge in [-0.1, -0.05) is 53.9 Å². The predicted octanol–water partition coefficient (Wildman–Crippen LogP) is 10.5. The summed E-state index contributed by atoms with van der Waals surface area (Å²) in [6, 6.07) is 19.0. The van der Waals surface area contributed by atoms with Crippen LogP contribution in [0.25, 0.3) is 10.4 Å². The summed E-state index contributed by atoms with van der Waals surface area (Å²) in [5.74, 6) is 1.23. The molecule has 2 heterocycles. The number of rotatable bonds is 25. The van der Waals surface area contributed by atoms with Crippen molar-refractivity contribution in [3.05, 3.63) is 122 Å². The van der Waals surface area contributed by atoms with E-state index >= 15 is 0 Å². The lowest BCUT2D eigenvalue weighted by molar-refractivity contribution is 0.0369. The van der Waals surface area contributed by atoms with E-state index < -0.39 is 6.10 Å². The highest BCUT2D eigenvalue weighted by Crippen LogP contribution is 2.36. The molecule has 59 heavy (non-hydrogen) atoms. The van der Waals surface area contributed by atoms with Crippen LogP contribution < -0.4 is 25.2 Å². The monoisotopic (exact) mass is 990 g/mol. The summed E-state index contributed by atoms with van der Waals surface area (Å²) < 4.78 is 23.9. The number of unbranched alkanes of at least 4 members (excludes halogenated alkanes) is 2. The average Bonchev–Trinajstić information content (AvgIpc) is 3.67. The molecule has 16 heteroatoms. The van der Waals surface area contributed by atoms with Gasteiger partial charge in [-0.25, -0.2) is 4.98 Å². The number of carbonyl (C=O) groups excluding carboxylic acids is 1. The maximum atomic E-state index is 12.9. The third kappa shape index (κ3) is 14.1. The molecule has 1 unspecified atom stereocenters. The van der Waals surface area contributed by atoms with Crippen LogP contribution in [0.4, 0.5) is 5.69 Å². The molecular formula is C43H50Cl2IN6O5PS. The van der Waals surface area contributed by atoms with E-state index in [9.17, 15) is 4.79 Å². The molecule has 2 aromatic heterocycles. The molecule has 2 atom stereocenters. The minimum atomic E-state index is -0.455. The summed E-state index contributed by atoms with van der Waals surface area (Å²) >= 11 is 16.6. The van der Waals surface area contributed by atoms with Crippen LogP contribution in [0, 0.1) is 12.3 Å². The Labute approximate surface area is 375 Å². The summed E-state index contributed by atoms with van der Waals surface area (Å²) in [6.07, 6.45) is 7.39. The van der Waals surface area contributed by atoms with Gasteiger partial charge in [-0.15, -0.1) is 11.3 Å². The number of pyridine rings is 1. The average molecular weight is 992 g/mol. The van der Waals surface area contributed by atoms with Crippen molar-refractivity contribution in [2.75, 3.05) is 58.3 Å². The van der Waals surface area contributed by atoms with Gasteiger partial charge in [-0.05, 0) is 116 Å². The number of hydrogen-bond donors (Lipinski definition) is 4. The number of benzene rings is 3. The lowest BCUT2D eigenvalue weighted by atomic mass is 9.99. The molecule has 5 rings (SSSR count). The molecule has 0 bridgehead atoms. The van der Waals surface area contributed by atoms with Gasteiger partial charge in [0.1, 0.15) is 24.2 Å². The number of nitrogens with zero attached hydrogens (tertiary/aromatic N) is 2. The van der Waals surface area contributed by atoms with Crippen LogP contribution in [0.15, 0.2) is 78.6 Å². The molecule has 11 nitrogen and oxygen atoms in total. The van der Waals surface area contributed by atoms with Crippen LogP contribution in [0.5, 0.6) is 11.5 Å². The molecule has 0 aliphatic rings. The molecule has 0 fully saturated rings. The number of halogens is 3. The van der Waals surface area contributed by atoms with Crippen molar-refractivity contribution in [2.45, 2.75) is 45.6 Å². The maximum absolute atomic E-state index is 12.9. The van der Waals surface area contributed by atoms with Crippen molar-refractivity contribution >= 4 is 80.3 Å². The molecule has 4 N–H and O–H groups in total. The van der Waals surface area contributed by atoms with Gasteiger partial charge in [0.15, 0.2) is 0 Å². The van der Waals surface area contributed by atoms with E-state index in [1.807, 2.05) is 44.6 Å². The first kappa shape index (κ1) is 46.7. The Bertz CT molecular complexity index is 2110. The van der Waals surface area contributed by atoms with E-state index in [-0.39, 0.29) is 11.6 Å². The molecule has 0 aliphatic carbocycles. The van der Waals surface area contributed by atoms with Crippen molar-refractivity contribution in [1.82, 2.24) is 20.6 Å². The smallest absolute Gasteiger partial charge is 0.251 e. The number of nitrogens with one attached hydrogen (secondary N) is 4. The molecule has 0 aliphatic heterocycles. The van der Waals surface area contributed by atoms with Gasteiger partial charge in [0.05, 0.1) is 58.3 Å². The van der Waals surface area contributed by atoms with E-state index in [1.54, 1.807) is 35.6 Å². The summed E-state index contributed by atoms with van der Waals surface area (Å²) in [5, 5.41) is 19.3. The number of thiazole rings is 1. The molecule has 0 radical (unpaired) electrons. The Balaban J connectivity index is 1.03. The quantitative estimate of drug-likeness (QED) is 0.0195. The first-order chi connectivity index (χ1) is 28.7. The van der Waals surface area contributed by atoms with Gasteiger partial charge < -0.3 is 34.7 Å². The molecule has 0 spiro atoms. The van der Waals surface area contributed by atoms with E-state index in [0.29, 0.717) is 84.0 Å². The summed E-state index contributed by atoms with van der Waals surface area (Å²) in [7, 11) is 1.99. The lowest BCUT2D eigenvalue weighted by Gasteiger charge is -2.19. The second-order valence-electron chi connectivity index (χ2n) is 13.5. The fraction of sp³-hybridized carbons (Fsp3) is 0.349. The Morgan fingerprint density at radius 3 is 2.36 bits per heavy atom. The number of ether oxygens (including phenoxy) is 4. The third-order valence-corrected chi connectivity index (χ3v) is 12.1. The number of aromatic nitrogens is 2. The SMILES string of the molecule is CNCCCCCc1ccc(-c2scnc2C)cc1OCCOCCOCCNC(=O)c1ccc(C(=N)c2cc(O[C@H](C)c3c(Cl)cncc3Cl)ccc2NPI)cc1. The lowest BCUT2D eigenvalue weighted by Crippen LogP contribution is -2.27. The third-order valence-electron chi connectivity index (χ3n) is 9.32. The Hall–Kier alpha value is -3.40. The maximum Gasteiger partial charge on any atom is 0.251 e. The Morgan fingerprint density at radius 2 is 1.64 bits per heavy atom. The number of anilines is 1. The minimum Gasteiger partial charge on any atom is -0.491 e. The van der Waals surface area contributed by atoms with Gasteiger partial charge in [0.2, 0.25) is 0 Å². The zero-order valence-electron chi connectivity index (χ0n) is 33.3. The van der Waals surface area contributed by atoms with Gasteiger partial charge in [-0.2, -0.15) is 0 Å². The Morgan fingerprint density at radius 1 is 0.915 bits per heavy atom. The molecule has 5 aromatic rings. The van der Waals surface area contributed by atoms with Crippen LogP contribution in [-0.2, 0) is 15.9 Å². The molecule has 0 saturated heterocycles. The normalized spacial score (nSPS) is 11.8. The second-order valence-corrected chi connectivity index (χ2v) is 17.2. The fourth-order valence-electron chi connectivity index (χ4n) is 6.26. The summed E-state index contributed by atoms with van der Waals surface area (Å²) in [4.78, 5) is 22.5. The largest absolute Gasteiger partial charge is 0.491 e. The van der Waals surface area contributed by atoms with Gasteiger partial charge in [0, 0.05) is 53.3 Å². The van der Waals surface area contributed by atoms with Crippen molar-refractivity contribution in [1.29, 1.82) is 5.41 Å². The van der Waals surface area contributed by atoms with E-state index in [4.69, 9.17) is 47.6 Å². The predicted molar refractivity (Wildman–Crippen MR) is 251 cm³/mol. The van der Waals surface area contributed by atoms with Crippen LogP contribution >= 0.6 is 63.0 Å². The van der Waals surface area contributed by atoms with Gasteiger partial charge in [-0.3, -0.25) is 15.2 Å². The second kappa shape index (κ2) is 24.8. The zero-order valence-corrected chi connectivity index (χ0v) is 38.8. The van der Waals surface area contributed by atoms with Crippen LogP contribution in [0.3, 0.4) is 0 Å². The van der Waals surface area contributed by atoms with Crippen LogP contribution in [0.2, 0.25) is 10.0 Å². The summed E-state index contributed by atoms with van der Waals surface area (Å²) in [6.45, 7) is 7.29. The van der Waals surface area contributed by atoms with Crippen LogP contribution in [0.1, 0.15) is 70.6 Å². The highest BCUT2D eigenvalue weighted by Gasteiger charge is 2.19. The Kier molecular flexibility index (Phi) is 19.6. The fourth-order valence-corrected chi connectivity index (χ4v) is 8.93. The molecule has 0 saturated carbocycles. The highest BCUT2D eigenvalue weighted by molar-refractivity contribution is 14.2. The van der Waals surface area contributed by atoms with Crippen molar-refractivity contribution in [3.63, 3.8) is 0 Å². The van der Waals surface area contributed by atoms with Crippen molar-refractivity contribution in [2.24, 2.45) is 0 Å². The van der Waals surface area contributed by atoms with Gasteiger partial charge in [0.25, 0.3) is 5.91 Å². The van der Waals surface area contributed by atoms with Crippen molar-refractivity contribution in [3.8, 4) is 21.9 Å². The number of hydrogen-bond acceptors (Lipinski definition) is 11. The molecule has 3 aromatic carbocycles. The minimum absolute atomic E-state index is 0.224. The topological polar surface area (TPSA) is 140 Å². The first-order valence-electron chi connectivity index (χ1n) is 19.3. The van der Waals surface area contributed by atoms with Crippen LogP contribution in [-0.4, -0.2) is 74.8 Å². The highest BCUT2D eigenvalue weighted by atomic mass is 127. The summed E-state index contributed by atoms with van der Waals surface area (Å²) in [5.41, 5.74) is 8.72. The van der Waals surface area contributed by atoms with E-state index in [2.05, 4.69) is 65.9 Å². The molecular weight excluding hydrogens is 941 g/mol. The van der Waals surface area contributed by atoms with Gasteiger partial charge >= 0.3 is 0 Å².